The Balaban J connectivity index is 1.95. The lowest BCUT2D eigenvalue weighted by atomic mass is 9.76. The van der Waals surface area contributed by atoms with E-state index in [2.05, 4.69) is 9.47 Å². The van der Waals surface area contributed by atoms with Crippen molar-refractivity contribution in [3.63, 3.8) is 0 Å². The first-order valence-corrected chi connectivity index (χ1v) is 7.91. The first-order valence-electron chi connectivity index (χ1n) is 7.91. The van der Waals surface area contributed by atoms with Crippen LogP contribution in [-0.4, -0.2) is 35.5 Å². The molecule has 0 unspecified atom stereocenters. The van der Waals surface area contributed by atoms with Crippen LogP contribution in [0.25, 0.3) is 0 Å². The van der Waals surface area contributed by atoms with Gasteiger partial charge in [-0.1, -0.05) is 0 Å². The second-order valence-corrected chi connectivity index (χ2v) is 6.17. The molecule has 30 heavy (non-hydrogen) atoms. The predicted molar refractivity (Wildman–Crippen MR) is 80.4 cm³/mol. The number of rotatable bonds is 6. The molecule has 1 aliphatic rings. The lowest BCUT2D eigenvalue weighted by Gasteiger charge is -2.55. The lowest BCUT2D eigenvalue weighted by Crippen LogP contribution is -2.89. The molecule has 2 atom stereocenters. The van der Waals surface area contributed by atoms with Crippen molar-refractivity contribution in [3.8, 4) is 11.5 Å². The molecule has 12 heteroatoms. The molecule has 0 spiro atoms. The SMILES string of the molecule is O=C([O-])c1ccc(O[C@@]2(F)C(F)(F)C(F)(F)[C@@]2(F)Oc2ccc(C(=O)[O-])cc2)cc1. The van der Waals surface area contributed by atoms with E-state index in [9.17, 15) is 46.1 Å². The Labute approximate surface area is 163 Å². The molecule has 2 aromatic rings. The molecule has 0 aliphatic heterocycles. The predicted octanol–water partition coefficient (Wildman–Crippen LogP) is 1.49. The Morgan fingerprint density at radius 3 is 1.10 bits per heavy atom. The minimum Gasteiger partial charge on any atom is -0.545 e. The number of carboxylic acid groups (broad SMARTS) is 2. The van der Waals surface area contributed by atoms with Gasteiger partial charge in [0.05, 0.1) is 11.9 Å². The van der Waals surface area contributed by atoms with Gasteiger partial charge in [-0.2, -0.15) is 26.3 Å². The lowest BCUT2D eigenvalue weighted by molar-refractivity contribution is -0.527. The summed E-state index contributed by atoms with van der Waals surface area (Å²) in [5.41, 5.74) is -0.951. The van der Waals surface area contributed by atoms with Crippen molar-refractivity contribution in [1.29, 1.82) is 0 Å². The molecule has 0 bridgehead atoms. The molecule has 6 nitrogen and oxygen atoms in total. The number of carboxylic acids is 2. The van der Waals surface area contributed by atoms with E-state index in [-0.39, 0.29) is 0 Å². The van der Waals surface area contributed by atoms with Gasteiger partial charge in [-0.25, -0.2) is 0 Å². The van der Waals surface area contributed by atoms with Gasteiger partial charge in [0.15, 0.2) is 0 Å². The van der Waals surface area contributed by atoms with Crippen LogP contribution in [0.1, 0.15) is 20.7 Å². The summed E-state index contributed by atoms with van der Waals surface area (Å²) in [6, 6.07) is 5.37. The van der Waals surface area contributed by atoms with Crippen molar-refractivity contribution in [3.05, 3.63) is 59.7 Å². The molecule has 1 fully saturated rings. The molecule has 1 aliphatic carbocycles. The summed E-state index contributed by atoms with van der Waals surface area (Å²) >= 11 is 0. The summed E-state index contributed by atoms with van der Waals surface area (Å²) in [5, 5.41) is 21.3. The Morgan fingerprint density at radius 1 is 0.600 bits per heavy atom. The second-order valence-electron chi connectivity index (χ2n) is 6.17. The van der Waals surface area contributed by atoms with Crippen molar-refractivity contribution >= 4 is 11.9 Å². The fourth-order valence-electron chi connectivity index (χ4n) is 2.65. The van der Waals surface area contributed by atoms with Crippen molar-refractivity contribution in [2.45, 2.75) is 23.6 Å². The van der Waals surface area contributed by atoms with Crippen molar-refractivity contribution < 1.29 is 55.6 Å². The van der Waals surface area contributed by atoms with Crippen LogP contribution in [0.5, 0.6) is 11.5 Å². The molecule has 3 rings (SSSR count). The third kappa shape index (κ3) is 2.74. The fraction of sp³-hybridized carbons (Fsp3) is 0.222. The minimum atomic E-state index is -5.69. The number of hydrogen-bond donors (Lipinski definition) is 0. The van der Waals surface area contributed by atoms with E-state index in [4.69, 9.17) is 0 Å². The highest BCUT2D eigenvalue weighted by atomic mass is 19.3. The summed E-state index contributed by atoms with van der Waals surface area (Å²) < 4.78 is 93.5. The van der Waals surface area contributed by atoms with Gasteiger partial charge in [0.1, 0.15) is 11.5 Å². The van der Waals surface area contributed by atoms with E-state index < -0.39 is 58.1 Å². The van der Waals surface area contributed by atoms with E-state index in [0.29, 0.717) is 24.3 Å². The zero-order valence-corrected chi connectivity index (χ0v) is 14.3. The van der Waals surface area contributed by atoms with E-state index in [0.717, 1.165) is 24.3 Å². The van der Waals surface area contributed by atoms with Gasteiger partial charge in [0.2, 0.25) is 0 Å². The summed E-state index contributed by atoms with van der Waals surface area (Å²) in [5.74, 6) is -26.6. The highest BCUT2D eigenvalue weighted by molar-refractivity contribution is 5.86. The van der Waals surface area contributed by atoms with Crippen LogP contribution in [0, 0.1) is 0 Å². The van der Waals surface area contributed by atoms with Gasteiger partial charge in [0, 0.05) is 0 Å². The maximum atomic E-state index is 14.9. The molecule has 0 radical (unpaired) electrons. The number of benzene rings is 2. The quantitative estimate of drug-likeness (QED) is 0.639. The fourth-order valence-corrected chi connectivity index (χ4v) is 2.65. The van der Waals surface area contributed by atoms with Crippen molar-refractivity contribution in [1.82, 2.24) is 0 Å². The van der Waals surface area contributed by atoms with Crippen LogP contribution >= 0.6 is 0 Å². The molecule has 1 saturated carbocycles. The molecule has 0 N–H and O–H groups in total. The maximum Gasteiger partial charge on any atom is 0.395 e. The van der Waals surface area contributed by atoms with Crippen molar-refractivity contribution in [2.24, 2.45) is 0 Å². The molecule has 160 valence electrons. The normalized spacial score (nSPS) is 26.3. The van der Waals surface area contributed by atoms with Gasteiger partial charge in [-0.15, -0.1) is 0 Å². The first kappa shape index (κ1) is 21.3. The number of alkyl halides is 6. The summed E-state index contributed by atoms with van der Waals surface area (Å²) in [4.78, 5) is 21.3. The molecular formula is C18H8F6O6-2. The first-order chi connectivity index (χ1) is 13.8. The standard InChI is InChI=1S/C18H10F6O6/c19-15(20)16(21,22)18(24,30-12-7-3-10(4-8-12)14(27)28)17(15,23)29-11-5-1-9(2-6-11)13(25)26/h1-8H,(H,25,26)(H,27,28)/p-2/t17-,18+. The highest BCUT2D eigenvalue weighted by Gasteiger charge is 3.03. The third-order valence-electron chi connectivity index (χ3n) is 4.31. The maximum absolute atomic E-state index is 14.9. The average Bonchev–Trinajstić information content (AvgIpc) is 2.67. The number of carbonyl (C=O) groups is 2. The Bertz CT molecular complexity index is 912. The van der Waals surface area contributed by atoms with E-state index >= 15 is 0 Å². The summed E-state index contributed by atoms with van der Waals surface area (Å²) in [6.45, 7) is 0. The zero-order chi connectivity index (χ0) is 22.5. The third-order valence-corrected chi connectivity index (χ3v) is 4.31. The van der Waals surface area contributed by atoms with E-state index in [1.165, 1.54) is 0 Å². The second kappa shape index (κ2) is 6.54. The van der Waals surface area contributed by atoms with E-state index in [1.54, 1.807) is 0 Å². The molecule has 0 heterocycles. The Kier molecular flexibility index (Phi) is 4.64. The largest absolute Gasteiger partial charge is 0.545 e. The van der Waals surface area contributed by atoms with Crippen LogP contribution in [0.15, 0.2) is 48.5 Å². The van der Waals surface area contributed by atoms with Crippen molar-refractivity contribution in [2.75, 3.05) is 0 Å². The molecule has 0 saturated heterocycles. The molecule has 0 aromatic heterocycles. The average molecular weight is 434 g/mol. The van der Waals surface area contributed by atoms with Crippen LogP contribution in [0.2, 0.25) is 0 Å². The van der Waals surface area contributed by atoms with Gasteiger partial charge in [-0.05, 0) is 59.7 Å². The number of hydrogen-bond acceptors (Lipinski definition) is 6. The van der Waals surface area contributed by atoms with Crippen LogP contribution < -0.4 is 19.7 Å². The van der Waals surface area contributed by atoms with Crippen LogP contribution in [-0.2, 0) is 0 Å². The molecule has 2 aromatic carbocycles. The number of carbonyl (C=O) groups excluding carboxylic acids is 2. The van der Waals surface area contributed by atoms with Gasteiger partial charge >= 0.3 is 23.6 Å². The van der Waals surface area contributed by atoms with E-state index in [1.807, 2.05) is 0 Å². The minimum absolute atomic E-state index is 0.475. The number of halogens is 6. The Hall–Kier alpha value is -3.44. The smallest absolute Gasteiger partial charge is 0.395 e. The Morgan fingerprint density at radius 2 is 0.867 bits per heavy atom. The molecular weight excluding hydrogens is 426 g/mol. The summed E-state index contributed by atoms with van der Waals surface area (Å²) in [7, 11) is 0. The van der Waals surface area contributed by atoms with Crippen LogP contribution in [0.4, 0.5) is 26.3 Å². The monoisotopic (exact) mass is 434 g/mol. The molecule has 0 amide bonds. The zero-order valence-electron chi connectivity index (χ0n) is 14.3. The number of ether oxygens (including phenoxy) is 2. The van der Waals surface area contributed by atoms with Gasteiger partial charge < -0.3 is 29.3 Å². The summed E-state index contributed by atoms with van der Waals surface area (Å²) in [6.07, 6.45) is 0. The number of aromatic carboxylic acids is 2. The highest BCUT2D eigenvalue weighted by Crippen LogP contribution is 2.68. The van der Waals surface area contributed by atoms with Gasteiger partial charge in [-0.3, -0.25) is 0 Å². The van der Waals surface area contributed by atoms with Crippen LogP contribution in [0.3, 0.4) is 0 Å². The topological polar surface area (TPSA) is 98.7 Å². The van der Waals surface area contributed by atoms with Gasteiger partial charge in [0.25, 0.3) is 0 Å².